The van der Waals surface area contributed by atoms with Crippen LogP contribution in [0, 0.1) is 0 Å². The zero-order valence-electron chi connectivity index (χ0n) is 10.4. The zero-order valence-corrected chi connectivity index (χ0v) is 11.2. The molecule has 0 saturated heterocycles. The van der Waals surface area contributed by atoms with Gasteiger partial charge >= 0.3 is 0 Å². The highest BCUT2D eigenvalue weighted by Crippen LogP contribution is 2.17. The topological polar surface area (TPSA) is 57.6 Å². The molecular weight excluding hydrogens is 238 g/mol. The van der Waals surface area contributed by atoms with E-state index in [1.807, 2.05) is 0 Å². The summed E-state index contributed by atoms with van der Waals surface area (Å²) in [4.78, 5) is 0.256. The lowest BCUT2D eigenvalue weighted by atomic mass is 10.1. The summed E-state index contributed by atoms with van der Waals surface area (Å²) in [7, 11) is -3.51. The maximum Gasteiger partial charge on any atom is 0.243 e. The molecule has 0 spiro atoms. The Morgan fingerprint density at radius 1 is 1.24 bits per heavy atom. The first-order chi connectivity index (χ1) is 7.77. The standard InChI is InChI=1S/C12H19NO3S/c1-4-13(10-12(2,3)14)17(15,16)11-8-6-5-7-9-11/h5-9,14H,4,10H2,1-3H3. The molecule has 0 atom stereocenters. The van der Waals surface area contributed by atoms with Crippen molar-refractivity contribution in [2.45, 2.75) is 31.3 Å². The summed E-state index contributed by atoms with van der Waals surface area (Å²) in [6.45, 7) is 5.36. The van der Waals surface area contributed by atoms with Crippen LogP contribution in [0.15, 0.2) is 35.2 Å². The minimum Gasteiger partial charge on any atom is -0.389 e. The Morgan fingerprint density at radius 3 is 2.18 bits per heavy atom. The van der Waals surface area contributed by atoms with Gasteiger partial charge in [-0.1, -0.05) is 25.1 Å². The molecule has 17 heavy (non-hydrogen) atoms. The highest BCUT2D eigenvalue weighted by atomic mass is 32.2. The first-order valence-corrected chi connectivity index (χ1v) is 6.99. The molecule has 1 aromatic rings. The first-order valence-electron chi connectivity index (χ1n) is 5.55. The van der Waals surface area contributed by atoms with Crippen molar-refractivity contribution in [1.29, 1.82) is 0 Å². The third-order valence-corrected chi connectivity index (χ3v) is 4.23. The van der Waals surface area contributed by atoms with Crippen LogP contribution in [0.1, 0.15) is 20.8 Å². The van der Waals surface area contributed by atoms with E-state index < -0.39 is 15.6 Å². The fourth-order valence-corrected chi connectivity index (χ4v) is 3.16. The maximum atomic E-state index is 12.3. The van der Waals surface area contributed by atoms with Gasteiger partial charge in [0.1, 0.15) is 0 Å². The van der Waals surface area contributed by atoms with Crippen LogP contribution in [0.5, 0.6) is 0 Å². The van der Waals surface area contributed by atoms with E-state index in [1.54, 1.807) is 51.1 Å². The molecule has 5 heteroatoms. The summed E-state index contributed by atoms with van der Waals surface area (Å²) in [6, 6.07) is 8.26. The average Bonchev–Trinajstić information content (AvgIpc) is 2.25. The van der Waals surface area contributed by atoms with E-state index >= 15 is 0 Å². The van der Waals surface area contributed by atoms with Crippen LogP contribution in [-0.4, -0.2) is 36.5 Å². The smallest absolute Gasteiger partial charge is 0.243 e. The van der Waals surface area contributed by atoms with Gasteiger partial charge in [-0.05, 0) is 26.0 Å². The molecule has 96 valence electrons. The molecule has 0 bridgehead atoms. The highest BCUT2D eigenvalue weighted by molar-refractivity contribution is 7.89. The lowest BCUT2D eigenvalue weighted by Crippen LogP contribution is -2.42. The molecule has 0 radical (unpaired) electrons. The summed E-state index contributed by atoms with van der Waals surface area (Å²) >= 11 is 0. The number of nitrogens with zero attached hydrogens (tertiary/aromatic N) is 1. The van der Waals surface area contributed by atoms with E-state index in [0.29, 0.717) is 6.54 Å². The molecule has 4 nitrogen and oxygen atoms in total. The lowest BCUT2D eigenvalue weighted by molar-refractivity contribution is 0.0601. The van der Waals surface area contributed by atoms with E-state index in [-0.39, 0.29) is 11.4 Å². The number of hydrogen-bond acceptors (Lipinski definition) is 3. The van der Waals surface area contributed by atoms with Gasteiger partial charge in [-0.25, -0.2) is 8.42 Å². The molecule has 0 unspecified atom stereocenters. The minimum atomic E-state index is -3.51. The van der Waals surface area contributed by atoms with Crippen LogP contribution in [0.4, 0.5) is 0 Å². The van der Waals surface area contributed by atoms with Gasteiger partial charge in [0, 0.05) is 13.1 Å². The van der Waals surface area contributed by atoms with Gasteiger partial charge in [-0.3, -0.25) is 0 Å². The minimum absolute atomic E-state index is 0.0841. The molecule has 0 amide bonds. The Kier molecular flexibility index (Phi) is 4.30. The van der Waals surface area contributed by atoms with Crippen LogP contribution >= 0.6 is 0 Å². The van der Waals surface area contributed by atoms with E-state index in [4.69, 9.17) is 0 Å². The second-order valence-corrected chi connectivity index (χ2v) is 6.49. The van der Waals surface area contributed by atoms with Crippen LogP contribution in [0.2, 0.25) is 0 Å². The van der Waals surface area contributed by atoms with E-state index in [1.165, 1.54) is 4.31 Å². The Labute approximate surface area is 103 Å². The van der Waals surface area contributed by atoms with E-state index in [0.717, 1.165) is 0 Å². The van der Waals surface area contributed by atoms with Gasteiger partial charge < -0.3 is 5.11 Å². The number of hydrogen-bond donors (Lipinski definition) is 1. The molecule has 1 rings (SSSR count). The number of benzene rings is 1. The fourth-order valence-electron chi connectivity index (χ4n) is 1.54. The zero-order chi connectivity index (χ0) is 13.1. The molecule has 0 aliphatic rings. The highest BCUT2D eigenvalue weighted by Gasteiger charge is 2.27. The van der Waals surface area contributed by atoms with Gasteiger partial charge in [0.05, 0.1) is 10.5 Å². The Balaban J connectivity index is 3.04. The van der Waals surface area contributed by atoms with Crippen molar-refractivity contribution in [3.05, 3.63) is 30.3 Å². The van der Waals surface area contributed by atoms with Crippen molar-refractivity contribution < 1.29 is 13.5 Å². The molecule has 0 fully saturated rings. The predicted molar refractivity (Wildman–Crippen MR) is 67.2 cm³/mol. The molecular formula is C12H19NO3S. The van der Waals surface area contributed by atoms with Crippen molar-refractivity contribution in [3.8, 4) is 0 Å². The van der Waals surface area contributed by atoms with Crippen molar-refractivity contribution in [2.75, 3.05) is 13.1 Å². The molecule has 1 N–H and O–H groups in total. The van der Waals surface area contributed by atoms with E-state index in [2.05, 4.69) is 0 Å². The quantitative estimate of drug-likeness (QED) is 0.869. The van der Waals surface area contributed by atoms with Crippen LogP contribution in [0.3, 0.4) is 0 Å². The fraction of sp³-hybridized carbons (Fsp3) is 0.500. The van der Waals surface area contributed by atoms with Crippen molar-refractivity contribution in [3.63, 3.8) is 0 Å². The molecule has 0 aliphatic carbocycles. The third-order valence-electron chi connectivity index (χ3n) is 2.30. The normalized spacial score (nSPS) is 13.0. The number of rotatable bonds is 5. The average molecular weight is 257 g/mol. The van der Waals surface area contributed by atoms with Crippen molar-refractivity contribution >= 4 is 10.0 Å². The number of aliphatic hydroxyl groups is 1. The van der Waals surface area contributed by atoms with Gasteiger partial charge in [-0.15, -0.1) is 0 Å². The summed E-state index contributed by atoms with van der Waals surface area (Å²) in [6.07, 6.45) is 0. The van der Waals surface area contributed by atoms with Crippen molar-refractivity contribution in [1.82, 2.24) is 4.31 Å². The SMILES string of the molecule is CCN(CC(C)(C)O)S(=O)(=O)c1ccccc1. The molecule has 0 aromatic heterocycles. The third kappa shape index (κ3) is 3.80. The monoisotopic (exact) mass is 257 g/mol. The van der Waals surface area contributed by atoms with Gasteiger partial charge in [0.25, 0.3) is 0 Å². The number of sulfonamides is 1. The maximum absolute atomic E-state index is 12.3. The molecule has 0 aliphatic heterocycles. The van der Waals surface area contributed by atoms with Gasteiger partial charge in [0.2, 0.25) is 10.0 Å². The van der Waals surface area contributed by atoms with Crippen LogP contribution in [0.25, 0.3) is 0 Å². The second-order valence-electron chi connectivity index (χ2n) is 4.56. The summed E-state index contributed by atoms with van der Waals surface area (Å²) < 4.78 is 25.8. The summed E-state index contributed by atoms with van der Waals surface area (Å²) in [5.74, 6) is 0. The lowest BCUT2D eigenvalue weighted by Gasteiger charge is -2.27. The molecule has 1 aromatic carbocycles. The Bertz CT molecular complexity index is 448. The van der Waals surface area contributed by atoms with Gasteiger partial charge in [-0.2, -0.15) is 4.31 Å². The van der Waals surface area contributed by atoms with Gasteiger partial charge in [0.15, 0.2) is 0 Å². The van der Waals surface area contributed by atoms with Crippen LogP contribution < -0.4 is 0 Å². The summed E-state index contributed by atoms with van der Waals surface area (Å²) in [5.41, 5.74) is -1.04. The van der Waals surface area contributed by atoms with Crippen LogP contribution in [-0.2, 0) is 10.0 Å². The molecule has 0 heterocycles. The second kappa shape index (κ2) is 5.16. The summed E-state index contributed by atoms with van der Waals surface area (Å²) in [5, 5.41) is 9.72. The Hall–Kier alpha value is -0.910. The predicted octanol–water partition coefficient (Wildman–Crippen LogP) is 1.47. The molecule has 0 saturated carbocycles. The Morgan fingerprint density at radius 2 is 1.76 bits per heavy atom. The van der Waals surface area contributed by atoms with E-state index in [9.17, 15) is 13.5 Å². The number of likely N-dealkylation sites (N-methyl/N-ethyl adjacent to an activating group) is 1. The van der Waals surface area contributed by atoms with Crippen molar-refractivity contribution in [2.24, 2.45) is 0 Å². The first kappa shape index (κ1) is 14.2. The largest absolute Gasteiger partial charge is 0.389 e.